The average Bonchev–Trinajstić information content (AvgIpc) is 2.64. The van der Waals surface area contributed by atoms with E-state index in [9.17, 15) is 14.7 Å². The predicted octanol–water partition coefficient (Wildman–Crippen LogP) is 2.40. The van der Waals surface area contributed by atoms with Gasteiger partial charge in [0.1, 0.15) is 0 Å². The number of carbonyl (C=O) groups is 2. The number of imide groups is 1. The highest BCUT2D eigenvalue weighted by molar-refractivity contribution is 6.35. The summed E-state index contributed by atoms with van der Waals surface area (Å²) in [4.78, 5) is 25.2. The molecule has 5 nitrogen and oxygen atoms in total. The van der Waals surface area contributed by atoms with Gasteiger partial charge in [0.25, 0.3) is 11.8 Å². The number of benzene rings is 1. The topological polar surface area (TPSA) is 66.8 Å². The molecule has 2 rings (SSSR count). The maximum atomic E-state index is 12.3. The molecule has 0 spiro atoms. The van der Waals surface area contributed by atoms with Crippen LogP contribution < -0.4 is 0 Å². The highest BCUT2D eigenvalue weighted by Gasteiger charge is 2.38. The highest BCUT2D eigenvalue weighted by Crippen LogP contribution is 2.28. The minimum absolute atomic E-state index is 0.00112. The van der Waals surface area contributed by atoms with Crippen LogP contribution >= 0.6 is 11.6 Å². The maximum Gasteiger partial charge on any atom is 0.296 e. The van der Waals surface area contributed by atoms with Crippen molar-refractivity contribution in [2.45, 2.75) is 20.0 Å². The van der Waals surface area contributed by atoms with Crippen molar-refractivity contribution < 1.29 is 19.4 Å². The first-order valence-electron chi connectivity index (χ1n) is 6.58. The van der Waals surface area contributed by atoms with Gasteiger partial charge in [-0.15, -0.1) is 0 Å². The lowest BCUT2D eigenvalue weighted by atomic mass is 10.1. The average molecular weight is 310 g/mol. The molecule has 0 saturated heterocycles. The zero-order valence-electron chi connectivity index (χ0n) is 11.8. The molecule has 1 aliphatic rings. The molecule has 0 bridgehead atoms. The smallest absolute Gasteiger partial charge is 0.296 e. The molecule has 1 N–H and O–H groups in total. The van der Waals surface area contributed by atoms with Crippen molar-refractivity contribution in [1.29, 1.82) is 0 Å². The van der Waals surface area contributed by atoms with Gasteiger partial charge in [-0.2, -0.15) is 0 Å². The monoisotopic (exact) mass is 309 g/mol. The number of amides is 2. The van der Waals surface area contributed by atoms with E-state index < -0.39 is 17.6 Å². The minimum Gasteiger partial charge on any atom is -0.502 e. The molecule has 0 aromatic heterocycles. The van der Waals surface area contributed by atoms with Crippen LogP contribution in [0.4, 0.5) is 0 Å². The zero-order valence-corrected chi connectivity index (χ0v) is 12.6. The molecule has 0 aliphatic carbocycles. The van der Waals surface area contributed by atoms with Gasteiger partial charge >= 0.3 is 0 Å². The van der Waals surface area contributed by atoms with Crippen LogP contribution in [0.1, 0.15) is 19.4 Å². The van der Waals surface area contributed by atoms with Crippen LogP contribution in [0.2, 0.25) is 5.02 Å². The third-order valence-electron chi connectivity index (χ3n) is 3.04. The number of carbonyl (C=O) groups excluding carboxylic acids is 2. The number of aliphatic hydroxyl groups is 1. The Hall–Kier alpha value is -1.85. The fraction of sp³-hybridized carbons (Fsp3) is 0.333. The van der Waals surface area contributed by atoms with Gasteiger partial charge in [0.2, 0.25) is 0 Å². The van der Waals surface area contributed by atoms with E-state index in [1.807, 2.05) is 13.8 Å². The normalized spacial score (nSPS) is 15.5. The van der Waals surface area contributed by atoms with E-state index in [1.165, 1.54) is 0 Å². The van der Waals surface area contributed by atoms with Crippen molar-refractivity contribution in [3.05, 3.63) is 40.6 Å². The van der Waals surface area contributed by atoms with E-state index in [0.29, 0.717) is 10.6 Å². The summed E-state index contributed by atoms with van der Waals surface area (Å²) in [6.45, 7) is 4.07. The molecule has 1 heterocycles. The summed E-state index contributed by atoms with van der Waals surface area (Å²) in [7, 11) is 0. The number of halogens is 1. The van der Waals surface area contributed by atoms with Crippen LogP contribution in [0.15, 0.2) is 30.0 Å². The van der Waals surface area contributed by atoms with Gasteiger partial charge in [-0.25, -0.2) is 0 Å². The van der Waals surface area contributed by atoms with Gasteiger partial charge in [0, 0.05) is 5.02 Å². The first kappa shape index (κ1) is 15.5. The molecule has 21 heavy (non-hydrogen) atoms. The fourth-order valence-electron chi connectivity index (χ4n) is 2.02. The molecule has 0 unspecified atom stereocenters. The first-order valence-corrected chi connectivity index (χ1v) is 6.96. The number of ether oxygens (including phenoxy) is 1. The van der Waals surface area contributed by atoms with E-state index >= 15 is 0 Å². The Balaban J connectivity index is 2.18. The molecular formula is C15H16ClNO4. The van der Waals surface area contributed by atoms with Crippen molar-refractivity contribution >= 4 is 29.0 Å². The summed E-state index contributed by atoms with van der Waals surface area (Å²) in [5.74, 6) is -1.75. The second-order valence-electron chi connectivity index (χ2n) is 4.91. The molecule has 0 fully saturated rings. The van der Waals surface area contributed by atoms with Crippen molar-refractivity contribution in [3.8, 4) is 0 Å². The quantitative estimate of drug-likeness (QED) is 0.848. The summed E-state index contributed by atoms with van der Waals surface area (Å²) in [6, 6.07) is 6.37. The van der Waals surface area contributed by atoms with Crippen molar-refractivity contribution in [3.63, 3.8) is 0 Å². The Kier molecular flexibility index (Phi) is 4.65. The van der Waals surface area contributed by atoms with Gasteiger partial charge in [0.15, 0.2) is 5.76 Å². The number of nitrogens with zero attached hydrogens (tertiary/aromatic N) is 1. The molecule has 6 heteroatoms. The van der Waals surface area contributed by atoms with E-state index in [-0.39, 0.29) is 24.8 Å². The number of aliphatic hydroxyl groups excluding tert-OH is 1. The largest absolute Gasteiger partial charge is 0.502 e. The van der Waals surface area contributed by atoms with Gasteiger partial charge < -0.3 is 9.84 Å². The number of hydrogen-bond donors (Lipinski definition) is 1. The van der Waals surface area contributed by atoms with E-state index in [1.54, 1.807) is 24.3 Å². The van der Waals surface area contributed by atoms with Crippen LogP contribution in [-0.2, 0) is 14.3 Å². The predicted molar refractivity (Wildman–Crippen MR) is 78.8 cm³/mol. The van der Waals surface area contributed by atoms with Crippen LogP contribution in [0, 0.1) is 0 Å². The Morgan fingerprint density at radius 2 is 1.81 bits per heavy atom. The molecule has 0 radical (unpaired) electrons. The second-order valence-corrected chi connectivity index (χ2v) is 5.35. The maximum absolute atomic E-state index is 12.3. The van der Waals surface area contributed by atoms with Crippen molar-refractivity contribution in [2.75, 3.05) is 13.2 Å². The van der Waals surface area contributed by atoms with Crippen molar-refractivity contribution in [1.82, 2.24) is 4.90 Å². The second kappa shape index (κ2) is 6.28. The van der Waals surface area contributed by atoms with E-state index in [4.69, 9.17) is 16.3 Å². The number of rotatable bonds is 5. The summed E-state index contributed by atoms with van der Waals surface area (Å²) < 4.78 is 5.33. The molecule has 2 amide bonds. The van der Waals surface area contributed by atoms with Crippen LogP contribution in [0.5, 0.6) is 0 Å². The Morgan fingerprint density at radius 1 is 1.19 bits per heavy atom. The van der Waals surface area contributed by atoms with Gasteiger partial charge in [-0.3, -0.25) is 14.5 Å². The minimum atomic E-state index is -0.697. The molecule has 1 aromatic rings. The van der Waals surface area contributed by atoms with E-state index in [0.717, 1.165) is 4.90 Å². The Bertz CT molecular complexity index is 592. The van der Waals surface area contributed by atoms with Crippen LogP contribution in [-0.4, -0.2) is 41.1 Å². The summed E-state index contributed by atoms with van der Waals surface area (Å²) in [6.07, 6.45) is 0.00935. The van der Waals surface area contributed by atoms with Crippen molar-refractivity contribution in [2.24, 2.45) is 0 Å². The summed E-state index contributed by atoms with van der Waals surface area (Å²) in [5, 5.41) is 10.4. The zero-order chi connectivity index (χ0) is 15.6. The summed E-state index contributed by atoms with van der Waals surface area (Å²) in [5.41, 5.74) is 0.462. The molecule has 1 aromatic carbocycles. The van der Waals surface area contributed by atoms with Gasteiger partial charge in [-0.1, -0.05) is 23.7 Å². The van der Waals surface area contributed by atoms with Crippen LogP contribution in [0.3, 0.4) is 0 Å². The Morgan fingerprint density at radius 3 is 2.38 bits per heavy atom. The molecule has 0 atom stereocenters. The standard InChI is InChI=1S/C15H16ClNO4/c1-9(2)21-8-7-17-14(19)12(13(18)15(17)20)10-3-5-11(16)6-4-10/h3-6,9,18H,7-8H2,1-2H3. The van der Waals surface area contributed by atoms with Gasteiger partial charge in [0.05, 0.1) is 24.8 Å². The summed E-state index contributed by atoms with van der Waals surface area (Å²) >= 11 is 5.79. The van der Waals surface area contributed by atoms with E-state index in [2.05, 4.69) is 0 Å². The number of hydrogen-bond acceptors (Lipinski definition) is 4. The lowest BCUT2D eigenvalue weighted by Gasteiger charge is -2.15. The highest BCUT2D eigenvalue weighted by atomic mass is 35.5. The SMILES string of the molecule is CC(C)OCCN1C(=O)C(O)=C(c2ccc(Cl)cc2)C1=O. The lowest BCUT2D eigenvalue weighted by Crippen LogP contribution is -2.35. The molecule has 112 valence electrons. The molecular weight excluding hydrogens is 294 g/mol. The fourth-order valence-corrected chi connectivity index (χ4v) is 2.15. The third-order valence-corrected chi connectivity index (χ3v) is 3.29. The molecule has 1 aliphatic heterocycles. The Labute approximate surface area is 127 Å². The lowest BCUT2D eigenvalue weighted by molar-refractivity contribution is -0.139. The third kappa shape index (κ3) is 3.25. The van der Waals surface area contributed by atoms with Gasteiger partial charge in [-0.05, 0) is 31.5 Å². The first-order chi connectivity index (χ1) is 9.91. The van der Waals surface area contributed by atoms with Crippen LogP contribution in [0.25, 0.3) is 5.57 Å². The molecule has 0 saturated carbocycles.